The maximum atomic E-state index is 13.8. The number of nitrogens with zero attached hydrogens (tertiary/aromatic N) is 2. The van der Waals surface area contributed by atoms with Crippen LogP contribution in [0, 0.1) is 11.6 Å². The molecule has 0 aliphatic carbocycles. The van der Waals surface area contributed by atoms with Gasteiger partial charge in [-0.3, -0.25) is 9.56 Å². The monoisotopic (exact) mass is 353 g/mol. The molecule has 0 radical (unpaired) electrons. The van der Waals surface area contributed by atoms with Crippen molar-refractivity contribution in [3.8, 4) is 5.88 Å². The largest absolute Gasteiger partial charge is 0.493 e. The van der Waals surface area contributed by atoms with Crippen LogP contribution < -0.4 is 5.69 Å². The van der Waals surface area contributed by atoms with Gasteiger partial charge in [0.1, 0.15) is 17.3 Å². The molecule has 0 saturated heterocycles. The van der Waals surface area contributed by atoms with Gasteiger partial charge in [-0.05, 0) is 24.3 Å². The molecule has 26 heavy (non-hydrogen) atoms. The molecule has 0 atom stereocenters. The first kappa shape index (κ1) is 16.0. The standard InChI is InChI=1S/C19H13F2N3O2/c20-14-5-3-6-15(21)13(14)10-24-18(25)17(23-19(24)26)8-11-9-22-16-7-2-1-4-12(11)16/h1-9,25H,10H2,(H,23,26)/b11-8-. The zero-order chi connectivity index (χ0) is 18.3. The molecule has 0 unspecified atom stereocenters. The number of benzene rings is 2. The first-order valence-corrected chi connectivity index (χ1v) is 7.84. The summed E-state index contributed by atoms with van der Waals surface area (Å²) < 4.78 is 28.5. The number of aliphatic imine (C=N–C) groups is 1. The zero-order valence-corrected chi connectivity index (χ0v) is 13.4. The average molecular weight is 353 g/mol. The van der Waals surface area contributed by atoms with Crippen LogP contribution in [0.1, 0.15) is 16.8 Å². The molecule has 0 amide bonds. The number of para-hydroxylation sites is 1. The first-order chi connectivity index (χ1) is 12.5. The molecule has 4 rings (SSSR count). The smallest absolute Gasteiger partial charge is 0.329 e. The molecule has 2 heterocycles. The number of allylic oxidation sites excluding steroid dienone is 1. The van der Waals surface area contributed by atoms with Gasteiger partial charge in [0.2, 0.25) is 5.88 Å². The third kappa shape index (κ3) is 2.63. The summed E-state index contributed by atoms with van der Waals surface area (Å²) in [6.07, 6.45) is 3.19. The van der Waals surface area contributed by atoms with Crippen molar-refractivity contribution in [2.75, 3.05) is 0 Å². The number of aromatic hydroxyl groups is 1. The SMILES string of the molecule is O=c1[nH]c(/C=C2/C=Nc3ccccc32)c(O)n1Cc1c(F)cccc1F. The summed E-state index contributed by atoms with van der Waals surface area (Å²) in [6.45, 7) is -0.423. The van der Waals surface area contributed by atoms with E-state index in [4.69, 9.17) is 0 Å². The lowest BCUT2D eigenvalue weighted by atomic mass is 10.1. The molecule has 0 spiro atoms. The number of rotatable bonds is 3. The Morgan fingerprint density at radius 2 is 1.85 bits per heavy atom. The van der Waals surface area contributed by atoms with Crippen molar-refractivity contribution >= 4 is 23.6 Å². The van der Waals surface area contributed by atoms with Crippen molar-refractivity contribution in [2.24, 2.45) is 4.99 Å². The number of aromatic nitrogens is 2. The van der Waals surface area contributed by atoms with Crippen LogP contribution in [-0.2, 0) is 6.54 Å². The van der Waals surface area contributed by atoms with Gasteiger partial charge >= 0.3 is 5.69 Å². The lowest BCUT2D eigenvalue weighted by Crippen LogP contribution is -2.18. The zero-order valence-electron chi connectivity index (χ0n) is 13.4. The molecular weight excluding hydrogens is 340 g/mol. The fraction of sp³-hybridized carbons (Fsp3) is 0.0526. The molecule has 0 saturated carbocycles. The minimum Gasteiger partial charge on any atom is -0.493 e. The van der Waals surface area contributed by atoms with Crippen molar-refractivity contribution in [2.45, 2.75) is 6.54 Å². The van der Waals surface area contributed by atoms with Crippen LogP contribution in [0.5, 0.6) is 5.88 Å². The second-order valence-corrected chi connectivity index (χ2v) is 5.83. The van der Waals surface area contributed by atoms with Crippen LogP contribution in [-0.4, -0.2) is 20.9 Å². The lowest BCUT2D eigenvalue weighted by Gasteiger charge is -2.06. The van der Waals surface area contributed by atoms with Crippen molar-refractivity contribution in [1.29, 1.82) is 0 Å². The summed E-state index contributed by atoms with van der Waals surface area (Å²) in [5.74, 6) is -1.97. The van der Waals surface area contributed by atoms with E-state index < -0.39 is 29.7 Å². The highest BCUT2D eigenvalue weighted by Crippen LogP contribution is 2.33. The number of H-pyrrole nitrogens is 1. The van der Waals surface area contributed by atoms with E-state index in [-0.39, 0.29) is 11.3 Å². The van der Waals surface area contributed by atoms with E-state index in [9.17, 15) is 18.7 Å². The summed E-state index contributed by atoms with van der Waals surface area (Å²) in [5, 5.41) is 10.4. The van der Waals surface area contributed by atoms with Crippen molar-refractivity contribution in [3.63, 3.8) is 0 Å². The normalized spacial score (nSPS) is 14.2. The minimum absolute atomic E-state index is 0.143. The van der Waals surface area contributed by atoms with E-state index in [1.165, 1.54) is 6.07 Å². The van der Waals surface area contributed by atoms with E-state index >= 15 is 0 Å². The molecular formula is C19H13F2N3O2. The van der Waals surface area contributed by atoms with E-state index in [0.717, 1.165) is 28.0 Å². The Labute approximate surface area is 146 Å². The number of imidazole rings is 1. The third-order valence-corrected chi connectivity index (χ3v) is 4.22. The summed E-state index contributed by atoms with van der Waals surface area (Å²) in [4.78, 5) is 18.9. The fourth-order valence-electron chi connectivity index (χ4n) is 2.88. The first-order valence-electron chi connectivity index (χ1n) is 7.84. The molecule has 1 aliphatic rings. The fourth-order valence-corrected chi connectivity index (χ4v) is 2.88. The van der Waals surface area contributed by atoms with Gasteiger partial charge in [-0.25, -0.2) is 13.6 Å². The molecule has 0 fully saturated rings. The van der Waals surface area contributed by atoms with Crippen molar-refractivity contribution in [1.82, 2.24) is 9.55 Å². The van der Waals surface area contributed by atoms with Crippen LogP contribution in [0.25, 0.3) is 11.6 Å². The molecule has 1 aliphatic heterocycles. The average Bonchev–Trinajstić information content (AvgIpc) is 3.14. The third-order valence-electron chi connectivity index (χ3n) is 4.22. The van der Waals surface area contributed by atoms with Crippen LogP contribution in [0.3, 0.4) is 0 Å². The van der Waals surface area contributed by atoms with Gasteiger partial charge < -0.3 is 10.1 Å². The molecule has 7 heteroatoms. The number of aromatic amines is 1. The molecule has 0 bridgehead atoms. The van der Waals surface area contributed by atoms with Crippen LogP contribution in [0.15, 0.2) is 52.3 Å². The lowest BCUT2D eigenvalue weighted by molar-refractivity contribution is 0.416. The Morgan fingerprint density at radius 3 is 2.62 bits per heavy atom. The van der Waals surface area contributed by atoms with Crippen LogP contribution >= 0.6 is 0 Å². The highest BCUT2D eigenvalue weighted by atomic mass is 19.1. The second-order valence-electron chi connectivity index (χ2n) is 5.83. The van der Waals surface area contributed by atoms with E-state index in [1.807, 2.05) is 24.3 Å². The Bertz CT molecular complexity index is 1110. The Morgan fingerprint density at radius 1 is 1.12 bits per heavy atom. The van der Waals surface area contributed by atoms with E-state index in [2.05, 4.69) is 9.98 Å². The number of halogens is 2. The minimum atomic E-state index is -0.783. The number of hydrogen-bond donors (Lipinski definition) is 2. The van der Waals surface area contributed by atoms with E-state index in [1.54, 1.807) is 12.3 Å². The Hall–Kier alpha value is -3.48. The summed E-state index contributed by atoms with van der Waals surface area (Å²) in [6, 6.07) is 10.9. The van der Waals surface area contributed by atoms with Crippen molar-refractivity contribution in [3.05, 3.63) is 81.4 Å². The Kier molecular flexibility index (Phi) is 3.76. The Balaban J connectivity index is 1.74. The maximum absolute atomic E-state index is 13.8. The van der Waals surface area contributed by atoms with Gasteiger partial charge in [-0.2, -0.15) is 0 Å². The van der Waals surface area contributed by atoms with Gasteiger partial charge in [-0.1, -0.05) is 24.3 Å². The van der Waals surface area contributed by atoms with E-state index in [0.29, 0.717) is 5.57 Å². The molecule has 130 valence electrons. The van der Waals surface area contributed by atoms with Crippen LogP contribution in [0.2, 0.25) is 0 Å². The number of hydrogen-bond acceptors (Lipinski definition) is 3. The number of nitrogens with one attached hydrogen (secondary N) is 1. The van der Waals surface area contributed by atoms with Gasteiger partial charge in [0.05, 0.1) is 12.2 Å². The predicted octanol–water partition coefficient (Wildman–Crippen LogP) is 3.47. The molecule has 2 aromatic carbocycles. The molecule has 2 N–H and O–H groups in total. The quantitative estimate of drug-likeness (QED) is 0.757. The topological polar surface area (TPSA) is 70.4 Å². The highest BCUT2D eigenvalue weighted by Gasteiger charge is 2.18. The van der Waals surface area contributed by atoms with Gasteiger partial charge in [-0.15, -0.1) is 0 Å². The summed E-state index contributed by atoms with van der Waals surface area (Å²) >= 11 is 0. The second kappa shape index (κ2) is 6.11. The number of fused-ring (bicyclic) bond motifs is 1. The van der Waals surface area contributed by atoms with Gasteiger partial charge in [0, 0.05) is 22.9 Å². The van der Waals surface area contributed by atoms with Crippen LogP contribution in [0.4, 0.5) is 14.5 Å². The highest BCUT2D eigenvalue weighted by molar-refractivity contribution is 6.21. The molecule has 5 nitrogen and oxygen atoms in total. The summed E-state index contributed by atoms with van der Waals surface area (Å²) in [7, 11) is 0. The van der Waals surface area contributed by atoms with Crippen molar-refractivity contribution < 1.29 is 13.9 Å². The van der Waals surface area contributed by atoms with Gasteiger partial charge in [0.15, 0.2) is 0 Å². The molecule has 1 aromatic heterocycles. The predicted molar refractivity (Wildman–Crippen MR) is 94.6 cm³/mol. The molecule has 3 aromatic rings. The summed E-state index contributed by atoms with van der Waals surface area (Å²) in [5.41, 5.74) is 1.54. The maximum Gasteiger partial charge on any atom is 0.329 e. The van der Waals surface area contributed by atoms with Gasteiger partial charge in [0.25, 0.3) is 0 Å².